The molecule has 0 saturated carbocycles. The Balaban J connectivity index is 2.44. The van der Waals surface area contributed by atoms with E-state index in [0.717, 1.165) is 19.5 Å². The number of hydrogen-bond acceptors (Lipinski definition) is 3. The maximum absolute atomic E-state index is 9.08. The Kier molecular flexibility index (Phi) is 3.01. The lowest BCUT2D eigenvalue weighted by molar-refractivity contribution is 0.222. The van der Waals surface area contributed by atoms with E-state index >= 15 is 0 Å². The molecule has 0 amide bonds. The van der Waals surface area contributed by atoms with Gasteiger partial charge in [0.05, 0.1) is 11.4 Å². The van der Waals surface area contributed by atoms with Gasteiger partial charge in [-0.1, -0.05) is 0 Å². The quantitative estimate of drug-likeness (QED) is 0.617. The summed E-state index contributed by atoms with van der Waals surface area (Å²) in [5.74, 6) is 0. The molecule has 2 N–H and O–H groups in total. The molecular weight excluding hydrogens is 146 g/mol. The molecule has 1 heterocycles. The van der Waals surface area contributed by atoms with Gasteiger partial charge in [0.1, 0.15) is 0 Å². The van der Waals surface area contributed by atoms with Crippen molar-refractivity contribution in [1.29, 1.82) is 0 Å². The molecule has 10 heavy (non-hydrogen) atoms. The Bertz CT molecular complexity index is 95.8. The van der Waals surface area contributed by atoms with Crippen molar-refractivity contribution in [3.8, 4) is 0 Å². The van der Waals surface area contributed by atoms with Gasteiger partial charge in [0.2, 0.25) is 0 Å². The molecule has 3 heteroatoms. The summed E-state index contributed by atoms with van der Waals surface area (Å²) < 4.78 is 0.123. The van der Waals surface area contributed by atoms with Crippen LogP contribution in [0.15, 0.2) is 0 Å². The molecule has 0 aliphatic carbocycles. The zero-order valence-corrected chi connectivity index (χ0v) is 7.21. The Morgan fingerprint density at radius 2 is 2.50 bits per heavy atom. The van der Waals surface area contributed by atoms with E-state index < -0.39 is 0 Å². The van der Waals surface area contributed by atoms with Crippen LogP contribution in [-0.4, -0.2) is 35.8 Å². The maximum Gasteiger partial charge on any atom is 0.0590 e. The van der Waals surface area contributed by atoms with Crippen LogP contribution in [0.4, 0.5) is 0 Å². The molecular formula is C7H15NOS. The highest BCUT2D eigenvalue weighted by molar-refractivity contribution is 8.00. The third-order valence-corrected chi connectivity index (χ3v) is 3.50. The third-order valence-electron chi connectivity index (χ3n) is 2.15. The number of nitrogens with one attached hydrogen (secondary N) is 1. The molecule has 0 aromatic heterocycles. The second kappa shape index (κ2) is 3.60. The van der Waals surface area contributed by atoms with Crippen LogP contribution < -0.4 is 5.32 Å². The molecule has 1 atom stereocenters. The minimum Gasteiger partial charge on any atom is -0.395 e. The minimum atomic E-state index is 0.123. The summed E-state index contributed by atoms with van der Waals surface area (Å²) in [7, 11) is 0. The predicted molar refractivity (Wildman–Crippen MR) is 45.4 cm³/mol. The lowest BCUT2D eigenvalue weighted by Crippen LogP contribution is -2.45. The van der Waals surface area contributed by atoms with Gasteiger partial charge in [-0.3, -0.25) is 0 Å². The first-order valence-corrected chi connectivity index (χ1v) is 4.92. The van der Waals surface area contributed by atoms with Gasteiger partial charge in [0, 0.05) is 6.54 Å². The van der Waals surface area contributed by atoms with E-state index in [4.69, 9.17) is 5.11 Å². The lowest BCUT2D eigenvalue weighted by atomic mass is 10.00. The van der Waals surface area contributed by atoms with Crippen LogP contribution in [0.25, 0.3) is 0 Å². The van der Waals surface area contributed by atoms with Crippen LogP contribution in [0.1, 0.15) is 12.8 Å². The average Bonchev–Trinajstić information content (AvgIpc) is 2.06. The third kappa shape index (κ3) is 1.65. The fraction of sp³-hybridized carbons (Fsp3) is 1.00. The van der Waals surface area contributed by atoms with E-state index in [-0.39, 0.29) is 4.75 Å². The standard InChI is InChI=1S/C7H15NOS/c1-10-7(6-9)3-2-4-8-5-7/h8-9H,2-6H2,1H3. The summed E-state index contributed by atoms with van der Waals surface area (Å²) in [4.78, 5) is 0. The Hall–Kier alpha value is 0.270. The zero-order valence-electron chi connectivity index (χ0n) is 6.39. The van der Waals surface area contributed by atoms with Crippen molar-refractivity contribution in [2.45, 2.75) is 17.6 Å². The molecule has 0 aromatic rings. The molecule has 0 bridgehead atoms. The van der Waals surface area contributed by atoms with E-state index in [1.54, 1.807) is 11.8 Å². The smallest absolute Gasteiger partial charge is 0.0590 e. The first kappa shape index (κ1) is 8.37. The van der Waals surface area contributed by atoms with E-state index in [9.17, 15) is 0 Å². The highest BCUT2D eigenvalue weighted by Gasteiger charge is 2.29. The summed E-state index contributed by atoms with van der Waals surface area (Å²) in [5.41, 5.74) is 0. The largest absolute Gasteiger partial charge is 0.395 e. The lowest BCUT2D eigenvalue weighted by Gasteiger charge is -2.34. The summed E-state index contributed by atoms with van der Waals surface area (Å²) in [6, 6.07) is 0. The van der Waals surface area contributed by atoms with E-state index in [2.05, 4.69) is 11.6 Å². The molecule has 0 radical (unpaired) electrons. The average molecular weight is 161 g/mol. The fourth-order valence-electron chi connectivity index (χ4n) is 1.31. The Morgan fingerprint density at radius 3 is 2.80 bits per heavy atom. The van der Waals surface area contributed by atoms with Crippen molar-refractivity contribution in [3.05, 3.63) is 0 Å². The van der Waals surface area contributed by atoms with Crippen LogP contribution in [0, 0.1) is 0 Å². The van der Waals surface area contributed by atoms with Gasteiger partial charge < -0.3 is 10.4 Å². The molecule has 1 aliphatic rings. The summed E-state index contributed by atoms with van der Waals surface area (Å²) in [6.45, 7) is 2.38. The normalized spacial score (nSPS) is 34.2. The van der Waals surface area contributed by atoms with Crippen molar-refractivity contribution in [2.24, 2.45) is 0 Å². The van der Waals surface area contributed by atoms with Crippen molar-refractivity contribution < 1.29 is 5.11 Å². The van der Waals surface area contributed by atoms with Crippen LogP contribution in [0.3, 0.4) is 0 Å². The molecule has 60 valence electrons. The van der Waals surface area contributed by atoms with Crippen LogP contribution in [-0.2, 0) is 0 Å². The molecule has 1 saturated heterocycles. The van der Waals surface area contributed by atoms with Crippen LogP contribution in [0.2, 0.25) is 0 Å². The van der Waals surface area contributed by atoms with Crippen molar-refractivity contribution in [2.75, 3.05) is 26.0 Å². The van der Waals surface area contributed by atoms with Gasteiger partial charge in [-0.2, -0.15) is 11.8 Å². The summed E-state index contributed by atoms with van der Waals surface area (Å²) in [5, 5.41) is 12.4. The molecule has 1 aliphatic heterocycles. The van der Waals surface area contributed by atoms with E-state index in [0.29, 0.717) is 6.61 Å². The minimum absolute atomic E-state index is 0.123. The number of thioether (sulfide) groups is 1. The first-order chi connectivity index (χ1) is 4.83. The van der Waals surface area contributed by atoms with Gasteiger partial charge in [-0.15, -0.1) is 0 Å². The SMILES string of the molecule is CSC1(CO)CCCNC1. The van der Waals surface area contributed by atoms with Gasteiger partial charge in [0.25, 0.3) is 0 Å². The zero-order chi connectivity index (χ0) is 7.45. The number of aliphatic hydroxyl groups excluding tert-OH is 1. The highest BCUT2D eigenvalue weighted by Crippen LogP contribution is 2.28. The van der Waals surface area contributed by atoms with Crippen LogP contribution >= 0.6 is 11.8 Å². The van der Waals surface area contributed by atoms with Gasteiger partial charge in [-0.05, 0) is 25.6 Å². The van der Waals surface area contributed by atoms with E-state index in [1.165, 1.54) is 6.42 Å². The molecule has 1 unspecified atom stereocenters. The second-order valence-corrected chi connectivity index (χ2v) is 4.10. The summed E-state index contributed by atoms with van der Waals surface area (Å²) in [6.07, 6.45) is 4.42. The molecule has 0 aromatic carbocycles. The van der Waals surface area contributed by atoms with Gasteiger partial charge in [-0.25, -0.2) is 0 Å². The van der Waals surface area contributed by atoms with Crippen LogP contribution in [0.5, 0.6) is 0 Å². The maximum atomic E-state index is 9.08. The first-order valence-electron chi connectivity index (χ1n) is 3.70. The highest BCUT2D eigenvalue weighted by atomic mass is 32.2. The Labute approximate surface area is 66.4 Å². The fourth-order valence-corrected chi connectivity index (χ4v) is 2.04. The number of piperidine rings is 1. The predicted octanol–water partition coefficient (Wildman–Crippen LogP) is 0.464. The molecule has 0 spiro atoms. The Morgan fingerprint density at radius 1 is 1.70 bits per heavy atom. The van der Waals surface area contributed by atoms with Crippen molar-refractivity contribution in [3.63, 3.8) is 0 Å². The molecule has 1 rings (SSSR count). The van der Waals surface area contributed by atoms with Crippen molar-refractivity contribution >= 4 is 11.8 Å². The van der Waals surface area contributed by atoms with Gasteiger partial charge >= 0.3 is 0 Å². The summed E-state index contributed by atoms with van der Waals surface area (Å²) >= 11 is 1.78. The number of rotatable bonds is 2. The van der Waals surface area contributed by atoms with Gasteiger partial charge in [0.15, 0.2) is 0 Å². The molecule has 2 nitrogen and oxygen atoms in total. The topological polar surface area (TPSA) is 32.3 Å². The molecule has 1 fully saturated rings. The van der Waals surface area contributed by atoms with Crippen molar-refractivity contribution in [1.82, 2.24) is 5.32 Å². The van der Waals surface area contributed by atoms with E-state index in [1.807, 2.05) is 0 Å². The number of aliphatic hydroxyl groups is 1. The number of hydrogen-bond donors (Lipinski definition) is 2. The second-order valence-electron chi connectivity index (χ2n) is 2.83. The monoisotopic (exact) mass is 161 g/mol.